The molecule has 0 radical (unpaired) electrons. The highest BCUT2D eigenvalue weighted by Crippen LogP contribution is 2.52. The highest BCUT2D eigenvalue weighted by Gasteiger charge is 2.56. The lowest BCUT2D eigenvalue weighted by atomic mass is 9.87. The van der Waals surface area contributed by atoms with Crippen molar-refractivity contribution >= 4 is 11.8 Å². The Morgan fingerprint density at radius 3 is 2.12 bits per heavy atom. The van der Waals surface area contributed by atoms with Gasteiger partial charge in [0.15, 0.2) is 0 Å². The van der Waals surface area contributed by atoms with Gasteiger partial charge in [0, 0.05) is 0 Å². The van der Waals surface area contributed by atoms with Crippen LogP contribution in [0, 0.1) is 0 Å². The van der Waals surface area contributed by atoms with Crippen molar-refractivity contribution in [2.75, 3.05) is 6.54 Å². The van der Waals surface area contributed by atoms with Gasteiger partial charge in [0.2, 0.25) is 11.8 Å². The molecule has 132 valence electrons. The highest BCUT2D eigenvalue weighted by molar-refractivity contribution is 5.97. The lowest BCUT2D eigenvalue weighted by Gasteiger charge is -2.22. The van der Waals surface area contributed by atoms with Crippen LogP contribution in [0.25, 0.3) is 0 Å². The summed E-state index contributed by atoms with van der Waals surface area (Å²) in [5.74, 6) is -2.50. The van der Waals surface area contributed by atoms with E-state index in [9.17, 15) is 35.9 Å². The maximum absolute atomic E-state index is 13.3. The van der Waals surface area contributed by atoms with Crippen molar-refractivity contribution < 1.29 is 35.9 Å². The topological polar surface area (TPSA) is 72.2 Å². The van der Waals surface area contributed by atoms with Crippen LogP contribution in [-0.2, 0) is 16.4 Å². The van der Waals surface area contributed by atoms with Crippen LogP contribution in [0.1, 0.15) is 34.3 Å². The Morgan fingerprint density at radius 1 is 1.12 bits per heavy atom. The summed E-state index contributed by atoms with van der Waals surface area (Å²) in [6.45, 7) is -1.65. The number of nitrogens with one attached hydrogen (secondary N) is 1. The van der Waals surface area contributed by atoms with Gasteiger partial charge in [-0.2, -0.15) is 26.3 Å². The van der Waals surface area contributed by atoms with Crippen LogP contribution >= 0.6 is 0 Å². The zero-order valence-electron chi connectivity index (χ0n) is 12.0. The van der Waals surface area contributed by atoms with Crippen LogP contribution in [0.15, 0.2) is 18.2 Å². The normalized spacial score (nSPS) is 16.6. The standard InChI is InChI=1S/C14H12F6N2O2/c15-13(16,17)6-22-11(24)12(4-5-12)8-3-1-2-7(10(21)23)9(8)14(18,19)20/h1-3H,4-6H2,(H2,21,23)(H,22,24). The van der Waals surface area contributed by atoms with E-state index in [1.54, 1.807) is 5.32 Å². The van der Waals surface area contributed by atoms with Crippen LogP contribution in [0.2, 0.25) is 0 Å². The zero-order valence-corrected chi connectivity index (χ0v) is 12.0. The number of amides is 2. The number of nitrogens with two attached hydrogens (primary N) is 1. The quantitative estimate of drug-likeness (QED) is 0.816. The van der Waals surface area contributed by atoms with Crippen LogP contribution in [-0.4, -0.2) is 24.5 Å². The zero-order chi connectivity index (χ0) is 18.3. The molecule has 0 saturated heterocycles. The summed E-state index contributed by atoms with van der Waals surface area (Å²) in [4.78, 5) is 23.3. The minimum atomic E-state index is -4.99. The van der Waals surface area contributed by atoms with E-state index < -0.39 is 52.8 Å². The van der Waals surface area contributed by atoms with Crippen molar-refractivity contribution in [1.29, 1.82) is 0 Å². The molecule has 0 spiro atoms. The first kappa shape index (κ1) is 18.1. The maximum Gasteiger partial charge on any atom is 0.417 e. The molecule has 10 heteroatoms. The number of hydrogen-bond acceptors (Lipinski definition) is 2. The number of benzene rings is 1. The molecule has 1 aromatic carbocycles. The molecule has 3 N–H and O–H groups in total. The third-order valence-electron chi connectivity index (χ3n) is 3.76. The molecule has 0 unspecified atom stereocenters. The van der Waals surface area contributed by atoms with Crippen molar-refractivity contribution in [3.05, 3.63) is 34.9 Å². The average molecular weight is 354 g/mol. The lowest BCUT2D eigenvalue weighted by molar-refractivity contribution is -0.142. The first-order chi connectivity index (χ1) is 10.9. The van der Waals surface area contributed by atoms with Gasteiger partial charge in [-0.05, 0) is 24.5 Å². The summed E-state index contributed by atoms with van der Waals surface area (Å²) in [5.41, 5.74) is 0.475. The molecule has 2 rings (SSSR count). The maximum atomic E-state index is 13.3. The van der Waals surface area contributed by atoms with Gasteiger partial charge in [-0.1, -0.05) is 12.1 Å². The van der Waals surface area contributed by atoms with E-state index in [-0.39, 0.29) is 12.8 Å². The third kappa shape index (κ3) is 3.46. The Balaban J connectivity index is 2.47. The molecule has 0 heterocycles. The minimum Gasteiger partial charge on any atom is -0.366 e. The van der Waals surface area contributed by atoms with Gasteiger partial charge in [0.05, 0.1) is 16.5 Å². The molecule has 4 nitrogen and oxygen atoms in total. The largest absolute Gasteiger partial charge is 0.417 e. The smallest absolute Gasteiger partial charge is 0.366 e. The molecule has 0 aliphatic heterocycles. The molecule has 1 saturated carbocycles. The van der Waals surface area contributed by atoms with E-state index in [1.165, 1.54) is 0 Å². The van der Waals surface area contributed by atoms with Gasteiger partial charge >= 0.3 is 12.4 Å². The Bertz CT molecular complexity index is 677. The predicted molar refractivity (Wildman–Crippen MR) is 69.9 cm³/mol. The number of rotatable bonds is 4. The van der Waals surface area contributed by atoms with Gasteiger partial charge in [-0.15, -0.1) is 0 Å². The van der Waals surface area contributed by atoms with Gasteiger partial charge in [0.25, 0.3) is 0 Å². The van der Waals surface area contributed by atoms with Crippen molar-refractivity contribution in [3.8, 4) is 0 Å². The molecule has 1 aromatic rings. The van der Waals surface area contributed by atoms with Crippen LogP contribution in [0.5, 0.6) is 0 Å². The number of hydrogen-bond donors (Lipinski definition) is 2. The number of halogens is 6. The molecular weight excluding hydrogens is 342 g/mol. The Morgan fingerprint density at radius 2 is 1.71 bits per heavy atom. The molecular formula is C14H12F6N2O2. The van der Waals surface area contributed by atoms with Gasteiger partial charge in [0.1, 0.15) is 6.54 Å². The number of primary amides is 1. The third-order valence-corrected chi connectivity index (χ3v) is 3.76. The summed E-state index contributed by atoms with van der Waals surface area (Å²) in [6.07, 6.45) is -9.78. The summed E-state index contributed by atoms with van der Waals surface area (Å²) in [7, 11) is 0. The van der Waals surface area contributed by atoms with E-state index in [4.69, 9.17) is 5.73 Å². The monoisotopic (exact) mass is 354 g/mol. The molecule has 0 aromatic heterocycles. The fraction of sp³-hybridized carbons (Fsp3) is 0.429. The van der Waals surface area contributed by atoms with Crippen molar-refractivity contribution in [3.63, 3.8) is 0 Å². The van der Waals surface area contributed by atoms with E-state index in [1.807, 2.05) is 0 Å². The molecule has 0 bridgehead atoms. The van der Waals surface area contributed by atoms with Gasteiger partial charge in [-0.25, -0.2) is 0 Å². The molecule has 1 aliphatic carbocycles. The first-order valence-corrected chi connectivity index (χ1v) is 6.74. The van der Waals surface area contributed by atoms with Crippen LogP contribution in [0.4, 0.5) is 26.3 Å². The van der Waals surface area contributed by atoms with Crippen molar-refractivity contribution in [2.45, 2.75) is 30.6 Å². The van der Waals surface area contributed by atoms with Gasteiger partial charge in [-0.3, -0.25) is 9.59 Å². The van der Waals surface area contributed by atoms with E-state index >= 15 is 0 Å². The summed E-state index contributed by atoms with van der Waals surface area (Å²) in [5, 5.41) is 1.60. The summed E-state index contributed by atoms with van der Waals surface area (Å²) in [6, 6.07) is 2.95. The highest BCUT2D eigenvalue weighted by atomic mass is 19.4. The van der Waals surface area contributed by atoms with Crippen LogP contribution < -0.4 is 11.1 Å². The molecule has 0 atom stereocenters. The fourth-order valence-corrected chi connectivity index (χ4v) is 2.56. The van der Waals surface area contributed by atoms with E-state index in [0.29, 0.717) is 0 Å². The van der Waals surface area contributed by atoms with Crippen LogP contribution in [0.3, 0.4) is 0 Å². The fourth-order valence-electron chi connectivity index (χ4n) is 2.56. The minimum absolute atomic E-state index is 0.0536. The second-order valence-corrected chi connectivity index (χ2v) is 5.47. The second-order valence-electron chi connectivity index (χ2n) is 5.47. The molecule has 24 heavy (non-hydrogen) atoms. The second kappa shape index (κ2) is 5.67. The van der Waals surface area contributed by atoms with Crippen molar-refractivity contribution in [1.82, 2.24) is 5.32 Å². The number of carbonyl (C=O) groups excluding carboxylic acids is 2. The average Bonchev–Trinajstić information content (AvgIpc) is 3.23. The van der Waals surface area contributed by atoms with Gasteiger partial charge < -0.3 is 11.1 Å². The summed E-state index contributed by atoms with van der Waals surface area (Å²) >= 11 is 0. The lowest BCUT2D eigenvalue weighted by Crippen LogP contribution is -2.41. The Hall–Kier alpha value is -2.26. The Labute approximate surface area is 132 Å². The van der Waals surface area contributed by atoms with Crippen molar-refractivity contribution in [2.24, 2.45) is 5.73 Å². The predicted octanol–water partition coefficient (Wildman–Crippen LogP) is 2.51. The molecule has 1 aliphatic rings. The first-order valence-electron chi connectivity index (χ1n) is 6.74. The summed E-state index contributed by atoms with van der Waals surface area (Å²) < 4.78 is 76.7. The Kier molecular flexibility index (Phi) is 4.28. The molecule has 2 amide bonds. The van der Waals surface area contributed by atoms with E-state index in [0.717, 1.165) is 18.2 Å². The van der Waals surface area contributed by atoms with E-state index in [2.05, 4.69) is 0 Å². The SMILES string of the molecule is NC(=O)c1cccc(C2(C(=O)NCC(F)(F)F)CC2)c1C(F)(F)F. The number of alkyl halides is 6. The number of carbonyl (C=O) groups is 2. The molecule has 1 fully saturated rings.